The maximum absolute atomic E-state index is 13.7. The van der Waals surface area contributed by atoms with Gasteiger partial charge in [-0.3, -0.25) is 9.69 Å². The molecule has 0 aliphatic carbocycles. The number of ether oxygens (including phenoxy) is 2. The van der Waals surface area contributed by atoms with E-state index < -0.39 is 0 Å². The normalized spacial score (nSPS) is 14.5. The molecule has 1 aliphatic rings. The molecule has 33 heavy (non-hydrogen) atoms. The molecule has 0 atom stereocenters. The highest BCUT2D eigenvalue weighted by atomic mass is 16.5. The molecule has 0 bridgehead atoms. The van der Waals surface area contributed by atoms with Crippen LogP contribution in [0.3, 0.4) is 0 Å². The molecule has 0 radical (unpaired) electrons. The lowest BCUT2D eigenvalue weighted by molar-refractivity contribution is 0.0624. The number of piperazine rings is 1. The third-order valence-corrected chi connectivity index (χ3v) is 5.91. The Kier molecular flexibility index (Phi) is 6.99. The van der Waals surface area contributed by atoms with Gasteiger partial charge in [-0.25, -0.2) is 4.68 Å². The first-order valence-electron chi connectivity index (χ1n) is 11.4. The summed E-state index contributed by atoms with van der Waals surface area (Å²) in [6, 6.07) is 15.4. The first kappa shape index (κ1) is 22.9. The highest BCUT2D eigenvalue weighted by Crippen LogP contribution is 2.35. The maximum atomic E-state index is 13.7. The molecule has 1 saturated heterocycles. The molecule has 0 N–H and O–H groups in total. The average molecular weight is 449 g/mol. The summed E-state index contributed by atoms with van der Waals surface area (Å²) >= 11 is 0. The van der Waals surface area contributed by atoms with Crippen LogP contribution in [0.25, 0.3) is 16.9 Å². The Morgan fingerprint density at radius 2 is 1.73 bits per heavy atom. The van der Waals surface area contributed by atoms with Crippen LogP contribution >= 0.6 is 0 Å². The average Bonchev–Trinajstić information content (AvgIpc) is 3.29. The van der Waals surface area contributed by atoms with E-state index in [0.717, 1.165) is 30.9 Å². The minimum atomic E-state index is -0.00532. The number of aromatic nitrogens is 2. The smallest absolute Gasteiger partial charge is 0.257 e. The molecule has 4 rings (SSSR count). The number of benzene rings is 2. The number of carbonyl (C=O) groups is 1. The van der Waals surface area contributed by atoms with Crippen molar-refractivity contribution in [2.45, 2.75) is 13.8 Å². The second kappa shape index (κ2) is 10.1. The second-order valence-electron chi connectivity index (χ2n) is 8.72. The summed E-state index contributed by atoms with van der Waals surface area (Å²) in [5, 5.41) is 4.82. The number of nitrogens with zero attached hydrogens (tertiary/aromatic N) is 4. The zero-order valence-electron chi connectivity index (χ0n) is 19.8. The molecule has 3 aromatic rings. The molecule has 2 heterocycles. The summed E-state index contributed by atoms with van der Waals surface area (Å²) < 4.78 is 12.7. The summed E-state index contributed by atoms with van der Waals surface area (Å²) in [7, 11) is 3.23. The van der Waals surface area contributed by atoms with Gasteiger partial charge in [-0.15, -0.1) is 0 Å². The van der Waals surface area contributed by atoms with Crippen molar-refractivity contribution in [1.82, 2.24) is 19.6 Å². The first-order valence-corrected chi connectivity index (χ1v) is 11.4. The highest BCUT2D eigenvalue weighted by Gasteiger charge is 2.28. The van der Waals surface area contributed by atoms with Gasteiger partial charge in [0.05, 0.1) is 25.5 Å². The summed E-state index contributed by atoms with van der Waals surface area (Å²) in [6.07, 6.45) is 1.83. The zero-order valence-corrected chi connectivity index (χ0v) is 19.8. The molecule has 1 aliphatic heterocycles. The van der Waals surface area contributed by atoms with Crippen LogP contribution in [0.1, 0.15) is 24.2 Å². The fraction of sp³-hybridized carbons (Fsp3) is 0.385. The molecule has 1 amide bonds. The molecule has 7 heteroatoms. The zero-order chi connectivity index (χ0) is 23.4. The summed E-state index contributed by atoms with van der Waals surface area (Å²) in [5.74, 6) is 1.91. The molecule has 0 unspecified atom stereocenters. The molecule has 7 nitrogen and oxygen atoms in total. The number of carbonyl (C=O) groups excluding carboxylic acids is 1. The van der Waals surface area contributed by atoms with E-state index in [2.05, 4.69) is 18.7 Å². The van der Waals surface area contributed by atoms with E-state index in [1.54, 1.807) is 18.9 Å². The van der Waals surface area contributed by atoms with Gasteiger partial charge in [0, 0.05) is 50.6 Å². The monoisotopic (exact) mass is 448 g/mol. The Balaban J connectivity index is 1.70. The van der Waals surface area contributed by atoms with E-state index >= 15 is 0 Å². The van der Waals surface area contributed by atoms with Crippen LogP contribution < -0.4 is 9.47 Å². The Bertz CT molecular complexity index is 1090. The van der Waals surface area contributed by atoms with Crippen molar-refractivity contribution in [3.63, 3.8) is 0 Å². The Morgan fingerprint density at radius 3 is 2.36 bits per heavy atom. The number of para-hydroxylation sites is 1. The van der Waals surface area contributed by atoms with E-state index in [9.17, 15) is 4.79 Å². The molecular formula is C26H32N4O3. The minimum absolute atomic E-state index is 0.00532. The highest BCUT2D eigenvalue weighted by molar-refractivity contribution is 6.00. The lowest BCUT2D eigenvalue weighted by Crippen LogP contribution is -2.49. The SMILES string of the molecule is COc1ccc(-c2nn(-c3ccccc3)cc2C(=O)N2CCN(CC(C)C)CC2)c(OC)c1. The first-order chi connectivity index (χ1) is 16.0. The number of methoxy groups -OCH3 is 2. The van der Waals surface area contributed by atoms with E-state index in [1.807, 2.05) is 59.6 Å². The standard InChI is InChI=1S/C26H32N4O3/c1-19(2)17-28-12-14-29(15-13-28)26(31)23-18-30(20-8-6-5-7-9-20)27-25(23)22-11-10-21(32-3)16-24(22)33-4/h5-11,16,18-19H,12-15,17H2,1-4H3. The third-order valence-electron chi connectivity index (χ3n) is 5.91. The van der Waals surface area contributed by atoms with Crippen molar-refractivity contribution in [3.8, 4) is 28.4 Å². The second-order valence-corrected chi connectivity index (χ2v) is 8.72. The fourth-order valence-corrected chi connectivity index (χ4v) is 4.26. The van der Waals surface area contributed by atoms with Gasteiger partial charge in [0.2, 0.25) is 0 Å². The molecule has 2 aromatic carbocycles. The maximum Gasteiger partial charge on any atom is 0.257 e. The number of rotatable bonds is 7. The van der Waals surface area contributed by atoms with Crippen molar-refractivity contribution in [2.24, 2.45) is 5.92 Å². The number of hydrogen-bond acceptors (Lipinski definition) is 5. The van der Waals surface area contributed by atoms with Gasteiger partial charge in [0.15, 0.2) is 0 Å². The van der Waals surface area contributed by atoms with Crippen molar-refractivity contribution < 1.29 is 14.3 Å². The van der Waals surface area contributed by atoms with Crippen molar-refractivity contribution in [2.75, 3.05) is 46.9 Å². The lowest BCUT2D eigenvalue weighted by atomic mass is 10.1. The van der Waals surface area contributed by atoms with Crippen LogP contribution in [-0.4, -0.2) is 72.4 Å². The van der Waals surface area contributed by atoms with Gasteiger partial charge in [-0.2, -0.15) is 5.10 Å². The number of amides is 1. The van der Waals surface area contributed by atoms with Crippen molar-refractivity contribution in [3.05, 3.63) is 60.3 Å². The summed E-state index contributed by atoms with van der Waals surface area (Å²) in [4.78, 5) is 18.0. The summed E-state index contributed by atoms with van der Waals surface area (Å²) in [6.45, 7) is 8.70. The predicted octanol–water partition coefficient (Wildman–Crippen LogP) is 3.97. The fourth-order valence-electron chi connectivity index (χ4n) is 4.26. The Morgan fingerprint density at radius 1 is 1.00 bits per heavy atom. The quantitative estimate of drug-likeness (QED) is 0.547. The van der Waals surface area contributed by atoms with Gasteiger partial charge in [0.25, 0.3) is 5.91 Å². The Hall–Kier alpha value is -3.32. The van der Waals surface area contributed by atoms with E-state index in [1.165, 1.54) is 0 Å². The molecular weight excluding hydrogens is 416 g/mol. The van der Waals surface area contributed by atoms with Crippen molar-refractivity contribution >= 4 is 5.91 Å². The van der Waals surface area contributed by atoms with Crippen LogP contribution in [0.15, 0.2) is 54.7 Å². The van der Waals surface area contributed by atoms with Gasteiger partial charge in [-0.1, -0.05) is 32.0 Å². The van der Waals surface area contributed by atoms with Crippen molar-refractivity contribution in [1.29, 1.82) is 0 Å². The van der Waals surface area contributed by atoms with Crippen LogP contribution in [0.2, 0.25) is 0 Å². The molecule has 1 fully saturated rings. The van der Waals surface area contributed by atoms with Crippen LogP contribution in [0, 0.1) is 5.92 Å². The minimum Gasteiger partial charge on any atom is -0.497 e. The lowest BCUT2D eigenvalue weighted by Gasteiger charge is -2.35. The predicted molar refractivity (Wildman–Crippen MR) is 129 cm³/mol. The third kappa shape index (κ3) is 5.03. The van der Waals surface area contributed by atoms with Gasteiger partial charge in [-0.05, 0) is 30.2 Å². The topological polar surface area (TPSA) is 59.8 Å². The van der Waals surface area contributed by atoms with E-state index in [-0.39, 0.29) is 5.91 Å². The largest absolute Gasteiger partial charge is 0.497 e. The molecule has 0 saturated carbocycles. The van der Waals surface area contributed by atoms with Crippen LogP contribution in [0.5, 0.6) is 11.5 Å². The van der Waals surface area contributed by atoms with Gasteiger partial charge in [0.1, 0.15) is 17.2 Å². The Labute approximate surface area is 195 Å². The van der Waals surface area contributed by atoms with Gasteiger partial charge < -0.3 is 14.4 Å². The molecule has 174 valence electrons. The number of hydrogen-bond donors (Lipinski definition) is 0. The van der Waals surface area contributed by atoms with Crippen LogP contribution in [0.4, 0.5) is 0 Å². The van der Waals surface area contributed by atoms with Gasteiger partial charge >= 0.3 is 0 Å². The van der Waals surface area contributed by atoms with E-state index in [0.29, 0.717) is 41.8 Å². The summed E-state index contributed by atoms with van der Waals surface area (Å²) in [5.41, 5.74) is 2.83. The van der Waals surface area contributed by atoms with E-state index in [4.69, 9.17) is 14.6 Å². The molecule has 1 aromatic heterocycles. The van der Waals surface area contributed by atoms with Crippen LogP contribution in [-0.2, 0) is 0 Å². The molecule has 0 spiro atoms.